The molecule has 0 saturated heterocycles. The molecule has 0 aromatic heterocycles. The van der Waals surface area contributed by atoms with Crippen LogP contribution in [-0.4, -0.2) is 23.7 Å². The van der Waals surface area contributed by atoms with E-state index in [0.29, 0.717) is 6.61 Å². The van der Waals surface area contributed by atoms with Gasteiger partial charge in [0.2, 0.25) is 0 Å². The highest BCUT2D eigenvalue weighted by Gasteiger charge is 2.08. The molecular formula is C20H36O4. The largest absolute Gasteiger partial charge is 0.478 e. The van der Waals surface area contributed by atoms with Gasteiger partial charge in [0.1, 0.15) is 0 Å². The van der Waals surface area contributed by atoms with Gasteiger partial charge >= 0.3 is 11.9 Å². The fraction of sp³-hybridized carbons (Fsp3) is 0.700. The minimum Gasteiger partial charge on any atom is -0.478 e. The van der Waals surface area contributed by atoms with E-state index >= 15 is 0 Å². The van der Waals surface area contributed by atoms with Crippen molar-refractivity contribution in [2.45, 2.75) is 85.5 Å². The number of carbonyl (C=O) groups is 2. The Morgan fingerprint density at radius 1 is 0.958 bits per heavy atom. The molecule has 0 heterocycles. The van der Waals surface area contributed by atoms with E-state index < -0.39 is 5.97 Å². The molecule has 24 heavy (non-hydrogen) atoms. The van der Waals surface area contributed by atoms with Gasteiger partial charge in [-0.25, -0.2) is 9.59 Å². The van der Waals surface area contributed by atoms with Crippen LogP contribution in [0.25, 0.3) is 0 Å². The fourth-order valence-electron chi connectivity index (χ4n) is 1.95. The number of carboxylic acids is 1. The first-order chi connectivity index (χ1) is 11.4. The van der Waals surface area contributed by atoms with E-state index in [-0.39, 0.29) is 5.97 Å². The average molecular weight is 341 g/mol. The quantitative estimate of drug-likeness (QED) is 0.282. The lowest BCUT2D eigenvalue weighted by Gasteiger charge is -2.08. The zero-order valence-electron chi connectivity index (χ0n) is 16.0. The van der Waals surface area contributed by atoms with Gasteiger partial charge in [0, 0.05) is 11.6 Å². The smallest absolute Gasteiger partial charge is 0.333 e. The minimum atomic E-state index is -0.981. The molecule has 140 valence electrons. The normalized spacial score (nSPS) is 11.0. The van der Waals surface area contributed by atoms with Crippen molar-refractivity contribution in [3.05, 3.63) is 23.8 Å². The molecular weight excluding hydrogens is 304 g/mol. The molecule has 0 saturated carbocycles. The number of ether oxygens (including phenoxy) is 1. The second-order valence-electron chi connectivity index (χ2n) is 5.95. The SMILES string of the molecule is C=CC(=O)O.CCCCCCCCC(C)=C(C)C(=O)OCCCC. The van der Waals surface area contributed by atoms with Crippen molar-refractivity contribution < 1.29 is 19.4 Å². The van der Waals surface area contributed by atoms with Crippen LogP contribution in [-0.2, 0) is 14.3 Å². The molecule has 0 radical (unpaired) electrons. The van der Waals surface area contributed by atoms with Gasteiger partial charge in [-0.3, -0.25) is 0 Å². The first-order valence-electron chi connectivity index (χ1n) is 9.09. The monoisotopic (exact) mass is 340 g/mol. The van der Waals surface area contributed by atoms with Crippen LogP contribution < -0.4 is 0 Å². The zero-order valence-corrected chi connectivity index (χ0v) is 16.0. The number of hydrogen-bond acceptors (Lipinski definition) is 3. The number of rotatable bonds is 12. The standard InChI is InChI=1S/C17H32O2.C3H4O2/c1-5-7-9-10-11-12-13-15(3)16(4)17(18)19-14-8-6-2;1-2-3(4)5/h5-14H2,1-4H3;2H,1H2,(H,4,5). The summed E-state index contributed by atoms with van der Waals surface area (Å²) in [7, 11) is 0. The number of carbonyl (C=O) groups excluding carboxylic acids is 1. The number of unbranched alkanes of at least 4 members (excludes halogenated alkanes) is 6. The Morgan fingerprint density at radius 3 is 1.96 bits per heavy atom. The Morgan fingerprint density at radius 2 is 1.46 bits per heavy atom. The van der Waals surface area contributed by atoms with E-state index in [9.17, 15) is 9.59 Å². The molecule has 0 aliphatic carbocycles. The summed E-state index contributed by atoms with van der Waals surface area (Å²) in [6.45, 7) is 11.8. The van der Waals surface area contributed by atoms with Crippen molar-refractivity contribution in [2.24, 2.45) is 0 Å². The lowest BCUT2D eigenvalue weighted by molar-refractivity contribution is -0.139. The summed E-state index contributed by atoms with van der Waals surface area (Å²) in [5, 5.41) is 7.60. The number of esters is 1. The van der Waals surface area contributed by atoms with E-state index in [1.54, 1.807) is 0 Å². The summed E-state index contributed by atoms with van der Waals surface area (Å²) in [5.41, 5.74) is 2.00. The minimum absolute atomic E-state index is 0.128. The third-order valence-corrected chi connectivity index (χ3v) is 3.76. The van der Waals surface area contributed by atoms with Gasteiger partial charge in [-0.2, -0.15) is 0 Å². The second-order valence-corrected chi connectivity index (χ2v) is 5.95. The molecule has 0 rings (SSSR count). The van der Waals surface area contributed by atoms with Crippen molar-refractivity contribution in [1.29, 1.82) is 0 Å². The van der Waals surface area contributed by atoms with Crippen molar-refractivity contribution in [2.75, 3.05) is 6.61 Å². The Kier molecular flexibility index (Phi) is 18.3. The molecule has 0 spiro atoms. The summed E-state index contributed by atoms with van der Waals surface area (Å²) in [4.78, 5) is 21.0. The molecule has 4 nitrogen and oxygen atoms in total. The van der Waals surface area contributed by atoms with Gasteiger partial charge in [-0.1, -0.05) is 64.5 Å². The van der Waals surface area contributed by atoms with Gasteiger partial charge in [-0.05, 0) is 33.1 Å². The van der Waals surface area contributed by atoms with Crippen LogP contribution in [0.2, 0.25) is 0 Å². The van der Waals surface area contributed by atoms with E-state index in [4.69, 9.17) is 9.84 Å². The average Bonchev–Trinajstić information content (AvgIpc) is 2.57. The fourth-order valence-corrected chi connectivity index (χ4v) is 1.95. The summed E-state index contributed by atoms with van der Waals surface area (Å²) in [6.07, 6.45) is 11.6. The number of hydrogen-bond donors (Lipinski definition) is 1. The van der Waals surface area contributed by atoms with Crippen molar-refractivity contribution in [3.8, 4) is 0 Å². The first-order valence-corrected chi connectivity index (χ1v) is 9.09. The van der Waals surface area contributed by atoms with Crippen molar-refractivity contribution >= 4 is 11.9 Å². The highest BCUT2D eigenvalue weighted by molar-refractivity contribution is 5.88. The lowest BCUT2D eigenvalue weighted by atomic mass is 10.0. The Labute approximate surface area is 148 Å². The predicted molar refractivity (Wildman–Crippen MR) is 100 cm³/mol. The zero-order chi connectivity index (χ0) is 18.8. The maximum absolute atomic E-state index is 11.8. The Bertz CT molecular complexity index is 383. The number of allylic oxidation sites excluding steroid dienone is 1. The molecule has 0 unspecified atom stereocenters. The second kappa shape index (κ2) is 17.8. The highest BCUT2D eigenvalue weighted by Crippen LogP contribution is 2.15. The van der Waals surface area contributed by atoms with Gasteiger partial charge in [-0.15, -0.1) is 0 Å². The van der Waals surface area contributed by atoms with Crippen molar-refractivity contribution in [3.63, 3.8) is 0 Å². The van der Waals surface area contributed by atoms with Crippen LogP contribution in [0, 0.1) is 0 Å². The maximum atomic E-state index is 11.8. The Balaban J connectivity index is 0. The third kappa shape index (κ3) is 16.8. The summed E-state index contributed by atoms with van der Waals surface area (Å²) < 4.78 is 5.23. The van der Waals surface area contributed by atoms with E-state index in [1.807, 2.05) is 6.92 Å². The summed E-state index contributed by atoms with van der Waals surface area (Å²) >= 11 is 0. The van der Waals surface area contributed by atoms with E-state index in [0.717, 1.165) is 30.9 Å². The van der Waals surface area contributed by atoms with Crippen LogP contribution in [0.4, 0.5) is 0 Å². The van der Waals surface area contributed by atoms with E-state index in [2.05, 4.69) is 27.4 Å². The first kappa shape index (κ1) is 24.7. The molecule has 0 aromatic rings. The Hall–Kier alpha value is -1.58. The molecule has 0 atom stereocenters. The predicted octanol–water partition coefficient (Wildman–Crippen LogP) is 5.67. The van der Waals surface area contributed by atoms with Gasteiger partial charge in [0.15, 0.2) is 0 Å². The van der Waals surface area contributed by atoms with Gasteiger partial charge in [0.05, 0.1) is 6.61 Å². The molecule has 0 aromatic carbocycles. The van der Waals surface area contributed by atoms with Crippen LogP contribution in [0.15, 0.2) is 23.8 Å². The molecule has 0 bridgehead atoms. The molecule has 4 heteroatoms. The van der Waals surface area contributed by atoms with Gasteiger partial charge < -0.3 is 9.84 Å². The number of aliphatic carboxylic acids is 1. The lowest BCUT2D eigenvalue weighted by Crippen LogP contribution is -2.08. The highest BCUT2D eigenvalue weighted by atomic mass is 16.5. The van der Waals surface area contributed by atoms with E-state index in [1.165, 1.54) is 44.1 Å². The topological polar surface area (TPSA) is 63.6 Å². The molecule has 0 aliphatic heterocycles. The van der Waals surface area contributed by atoms with Gasteiger partial charge in [0.25, 0.3) is 0 Å². The van der Waals surface area contributed by atoms with Crippen LogP contribution in [0.1, 0.15) is 85.5 Å². The van der Waals surface area contributed by atoms with Crippen LogP contribution in [0.5, 0.6) is 0 Å². The van der Waals surface area contributed by atoms with Crippen LogP contribution >= 0.6 is 0 Å². The molecule has 1 N–H and O–H groups in total. The summed E-state index contributed by atoms with van der Waals surface area (Å²) in [6, 6.07) is 0. The molecule has 0 amide bonds. The maximum Gasteiger partial charge on any atom is 0.333 e. The third-order valence-electron chi connectivity index (χ3n) is 3.76. The van der Waals surface area contributed by atoms with Crippen LogP contribution in [0.3, 0.4) is 0 Å². The molecule has 0 aliphatic rings. The molecule has 0 fully saturated rings. The van der Waals surface area contributed by atoms with Crippen molar-refractivity contribution in [1.82, 2.24) is 0 Å². The number of carboxylic acid groups (broad SMARTS) is 1. The summed E-state index contributed by atoms with van der Waals surface area (Å²) in [5.74, 6) is -1.11.